The summed E-state index contributed by atoms with van der Waals surface area (Å²) in [6.07, 6.45) is 1.99. The number of carbonyl (C=O) groups is 1. The maximum absolute atomic E-state index is 13.2. The zero-order chi connectivity index (χ0) is 18.6. The van der Waals surface area contributed by atoms with Gasteiger partial charge >= 0.3 is 0 Å². The lowest BCUT2D eigenvalue weighted by molar-refractivity contribution is -0.117. The molecule has 0 fully saturated rings. The number of rotatable bonds is 6. The van der Waals surface area contributed by atoms with Crippen molar-refractivity contribution in [2.24, 2.45) is 0 Å². The Morgan fingerprint density at radius 3 is 2.63 bits per heavy atom. The number of fused-ring (bicyclic) bond motifs is 1. The van der Waals surface area contributed by atoms with Gasteiger partial charge in [0, 0.05) is 12.8 Å². The molecule has 0 bridgehead atoms. The van der Waals surface area contributed by atoms with Crippen molar-refractivity contribution < 1.29 is 13.9 Å². The second kappa shape index (κ2) is 7.63. The molecule has 27 heavy (non-hydrogen) atoms. The summed E-state index contributed by atoms with van der Waals surface area (Å²) >= 11 is 1.53. The summed E-state index contributed by atoms with van der Waals surface area (Å²) < 4.78 is 19.1. The summed E-state index contributed by atoms with van der Waals surface area (Å²) in [5, 5.41) is 2.82. The molecule has 0 amide bonds. The van der Waals surface area contributed by atoms with Crippen molar-refractivity contribution in [1.82, 2.24) is 9.97 Å². The van der Waals surface area contributed by atoms with E-state index in [4.69, 9.17) is 4.74 Å². The first-order chi connectivity index (χ1) is 13.2. The average Bonchev–Trinajstić information content (AvgIpc) is 3.13. The topological polar surface area (TPSA) is 52.1 Å². The molecule has 0 aliphatic heterocycles. The molecule has 0 saturated heterocycles. The Labute approximate surface area is 159 Å². The van der Waals surface area contributed by atoms with Gasteiger partial charge in [-0.2, -0.15) is 0 Å². The molecule has 6 heteroatoms. The van der Waals surface area contributed by atoms with Crippen LogP contribution in [0.1, 0.15) is 11.1 Å². The molecule has 0 aliphatic carbocycles. The number of aromatic nitrogens is 2. The molecule has 4 nitrogen and oxygen atoms in total. The van der Waals surface area contributed by atoms with Crippen LogP contribution in [0.5, 0.6) is 11.6 Å². The molecule has 0 unspecified atom stereocenters. The fourth-order valence-electron chi connectivity index (χ4n) is 2.80. The Hall–Kier alpha value is -3.12. The van der Waals surface area contributed by atoms with Gasteiger partial charge in [-0.05, 0) is 46.8 Å². The number of carbonyl (C=O) groups excluding carboxylic acids is 1. The van der Waals surface area contributed by atoms with E-state index in [1.165, 1.54) is 29.8 Å². The van der Waals surface area contributed by atoms with Gasteiger partial charge in [-0.25, -0.2) is 14.4 Å². The molecule has 4 aromatic rings. The second-order valence-electron chi connectivity index (χ2n) is 6.09. The number of nitrogens with zero attached hydrogens (tertiary/aromatic N) is 2. The Kier molecular flexibility index (Phi) is 4.89. The molecule has 2 heterocycles. The monoisotopic (exact) mass is 378 g/mol. The molecule has 4 rings (SSSR count). The number of ether oxygens (including phenoxy) is 1. The number of benzene rings is 2. The van der Waals surface area contributed by atoms with Crippen LogP contribution in [-0.4, -0.2) is 15.8 Å². The van der Waals surface area contributed by atoms with Crippen LogP contribution in [0.15, 0.2) is 66.3 Å². The van der Waals surface area contributed by atoms with E-state index >= 15 is 0 Å². The number of hydrogen-bond acceptors (Lipinski definition) is 5. The highest BCUT2D eigenvalue weighted by atomic mass is 32.1. The van der Waals surface area contributed by atoms with Gasteiger partial charge < -0.3 is 4.74 Å². The first-order valence-electron chi connectivity index (χ1n) is 8.38. The summed E-state index contributed by atoms with van der Waals surface area (Å²) in [6, 6.07) is 15.4. The third-order valence-corrected chi connectivity index (χ3v) is 4.88. The van der Waals surface area contributed by atoms with Crippen molar-refractivity contribution in [3.63, 3.8) is 0 Å². The summed E-state index contributed by atoms with van der Waals surface area (Å²) in [6.45, 7) is 0. The fourth-order valence-corrected chi connectivity index (χ4v) is 3.52. The average molecular weight is 378 g/mol. The van der Waals surface area contributed by atoms with Gasteiger partial charge in [0.05, 0.1) is 5.39 Å². The lowest BCUT2D eigenvalue weighted by Gasteiger charge is -2.07. The normalized spacial score (nSPS) is 10.9. The summed E-state index contributed by atoms with van der Waals surface area (Å²) in [5.41, 5.74) is 1.57. The number of halogens is 1. The molecular formula is C21H15FN2O2S. The third kappa shape index (κ3) is 4.17. The SMILES string of the molecule is O=C(Cc1ccc(Oc2ncnc3sccc23)cc1)Cc1cccc(F)c1. The van der Waals surface area contributed by atoms with Crippen molar-refractivity contribution in [2.45, 2.75) is 12.8 Å². The number of thiophene rings is 1. The third-order valence-electron chi connectivity index (χ3n) is 4.05. The van der Waals surface area contributed by atoms with Crippen LogP contribution in [0.4, 0.5) is 4.39 Å². The van der Waals surface area contributed by atoms with Crippen molar-refractivity contribution >= 4 is 27.3 Å². The molecular weight excluding hydrogens is 363 g/mol. The van der Waals surface area contributed by atoms with E-state index in [1.807, 2.05) is 35.7 Å². The van der Waals surface area contributed by atoms with Gasteiger partial charge in [-0.3, -0.25) is 4.79 Å². The lowest BCUT2D eigenvalue weighted by Crippen LogP contribution is -2.06. The minimum Gasteiger partial charge on any atom is -0.438 e. The van der Waals surface area contributed by atoms with E-state index in [1.54, 1.807) is 12.1 Å². The molecule has 2 aromatic carbocycles. The fraction of sp³-hybridized carbons (Fsp3) is 0.0952. The lowest BCUT2D eigenvalue weighted by atomic mass is 10.0. The highest BCUT2D eigenvalue weighted by Gasteiger charge is 2.09. The van der Waals surface area contributed by atoms with E-state index in [0.717, 1.165) is 15.8 Å². The van der Waals surface area contributed by atoms with E-state index in [2.05, 4.69) is 9.97 Å². The Bertz CT molecular complexity index is 1090. The maximum atomic E-state index is 13.2. The number of ketones is 1. The molecule has 0 saturated carbocycles. The van der Waals surface area contributed by atoms with Crippen molar-refractivity contribution in [3.8, 4) is 11.6 Å². The van der Waals surface area contributed by atoms with Crippen LogP contribution in [0, 0.1) is 5.82 Å². The van der Waals surface area contributed by atoms with E-state index in [0.29, 0.717) is 23.6 Å². The van der Waals surface area contributed by atoms with Crippen LogP contribution in [-0.2, 0) is 17.6 Å². The van der Waals surface area contributed by atoms with Crippen molar-refractivity contribution in [2.75, 3.05) is 0 Å². The summed E-state index contributed by atoms with van der Waals surface area (Å²) in [5.74, 6) is 0.856. The Morgan fingerprint density at radius 1 is 1.00 bits per heavy atom. The molecule has 0 N–H and O–H groups in total. The Morgan fingerprint density at radius 2 is 1.81 bits per heavy atom. The van der Waals surface area contributed by atoms with Crippen LogP contribution in [0.2, 0.25) is 0 Å². The van der Waals surface area contributed by atoms with Crippen molar-refractivity contribution in [3.05, 3.63) is 83.2 Å². The first kappa shape index (κ1) is 17.3. The standard InChI is InChI=1S/C21H15FN2O2S/c22-16-3-1-2-15(10-16)12-17(25)11-14-4-6-18(7-5-14)26-20-19-8-9-27-21(19)24-13-23-20/h1-10,13H,11-12H2. The minimum absolute atomic E-state index is 0.0325. The van der Waals surface area contributed by atoms with E-state index in [-0.39, 0.29) is 18.0 Å². The smallest absolute Gasteiger partial charge is 0.231 e. The molecule has 0 spiro atoms. The van der Waals surface area contributed by atoms with Crippen LogP contribution >= 0.6 is 11.3 Å². The zero-order valence-electron chi connectivity index (χ0n) is 14.3. The predicted octanol–water partition coefficient (Wildman–Crippen LogP) is 4.98. The van der Waals surface area contributed by atoms with Crippen molar-refractivity contribution in [1.29, 1.82) is 0 Å². The molecule has 0 radical (unpaired) electrons. The number of hydrogen-bond donors (Lipinski definition) is 0. The summed E-state index contributed by atoms with van der Waals surface area (Å²) in [7, 11) is 0. The van der Waals surface area contributed by atoms with Gasteiger partial charge in [0.1, 0.15) is 28.5 Å². The summed E-state index contributed by atoms with van der Waals surface area (Å²) in [4.78, 5) is 21.5. The van der Waals surface area contributed by atoms with Gasteiger partial charge in [0.15, 0.2) is 0 Å². The van der Waals surface area contributed by atoms with Crippen LogP contribution in [0.25, 0.3) is 10.2 Å². The highest BCUT2D eigenvalue weighted by molar-refractivity contribution is 7.16. The number of Topliss-reactive ketones (excluding diaryl/α,β-unsaturated/α-hetero) is 1. The largest absolute Gasteiger partial charge is 0.438 e. The molecule has 0 aliphatic rings. The molecule has 0 atom stereocenters. The zero-order valence-corrected chi connectivity index (χ0v) is 15.1. The Balaban J connectivity index is 1.41. The minimum atomic E-state index is -0.328. The predicted molar refractivity (Wildman–Crippen MR) is 103 cm³/mol. The molecule has 2 aromatic heterocycles. The van der Waals surface area contributed by atoms with Crippen LogP contribution in [0.3, 0.4) is 0 Å². The van der Waals surface area contributed by atoms with E-state index in [9.17, 15) is 9.18 Å². The highest BCUT2D eigenvalue weighted by Crippen LogP contribution is 2.29. The maximum Gasteiger partial charge on any atom is 0.231 e. The molecule has 134 valence electrons. The first-order valence-corrected chi connectivity index (χ1v) is 9.26. The van der Waals surface area contributed by atoms with Gasteiger partial charge in [-0.1, -0.05) is 24.3 Å². The quantitative estimate of drug-likeness (QED) is 0.475. The van der Waals surface area contributed by atoms with E-state index < -0.39 is 0 Å². The van der Waals surface area contributed by atoms with Gasteiger partial charge in [0.2, 0.25) is 5.88 Å². The second-order valence-corrected chi connectivity index (χ2v) is 6.98. The van der Waals surface area contributed by atoms with Crippen LogP contribution < -0.4 is 4.74 Å². The van der Waals surface area contributed by atoms with Gasteiger partial charge in [-0.15, -0.1) is 11.3 Å². The van der Waals surface area contributed by atoms with Gasteiger partial charge in [0.25, 0.3) is 0 Å².